The standard InChI is InChI=1S/C12H7Cl2N3O4/c13-10-9(12(18)19)11(14)16-8(15-10)5-6-1-3-7(4-2-6)17(20)21/h1-4H,5H2,(H,18,19). The average molecular weight is 328 g/mol. The predicted molar refractivity (Wildman–Crippen MR) is 74.9 cm³/mol. The van der Waals surface area contributed by atoms with Crippen molar-refractivity contribution < 1.29 is 14.8 Å². The van der Waals surface area contributed by atoms with Gasteiger partial charge in [0.2, 0.25) is 0 Å². The van der Waals surface area contributed by atoms with Gasteiger partial charge in [0.05, 0.1) is 4.92 Å². The molecule has 7 nitrogen and oxygen atoms in total. The summed E-state index contributed by atoms with van der Waals surface area (Å²) < 4.78 is 0. The molecule has 0 saturated heterocycles. The number of benzene rings is 1. The highest BCUT2D eigenvalue weighted by molar-refractivity contribution is 6.37. The molecule has 0 saturated carbocycles. The first-order valence-corrected chi connectivity index (χ1v) is 6.32. The number of nitro benzene ring substituents is 1. The molecule has 1 aromatic heterocycles. The monoisotopic (exact) mass is 327 g/mol. The van der Waals surface area contributed by atoms with Crippen LogP contribution in [0.2, 0.25) is 10.3 Å². The van der Waals surface area contributed by atoms with Gasteiger partial charge in [0.15, 0.2) is 0 Å². The maximum atomic E-state index is 10.9. The van der Waals surface area contributed by atoms with Crippen molar-refractivity contribution >= 4 is 34.9 Å². The second-order valence-electron chi connectivity index (χ2n) is 4.00. The lowest BCUT2D eigenvalue weighted by Crippen LogP contribution is -2.06. The highest BCUT2D eigenvalue weighted by Gasteiger charge is 2.18. The van der Waals surface area contributed by atoms with E-state index >= 15 is 0 Å². The van der Waals surface area contributed by atoms with E-state index in [0.29, 0.717) is 5.56 Å². The van der Waals surface area contributed by atoms with Crippen LogP contribution >= 0.6 is 23.2 Å². The molecular formula is C12H7Cl2N3O4. The number of aromatic carboxylic acids is 1. The topological polar surface area (TPSA) is 106 Å². The van der Waals surface area contributed by atoms with Crippen molar-refractivity contribution in [1.29, 1.82) is 0 Å². The van der Waals surface area contributed by atoms with Gasteiger partial charge in [-0.15, -0.1) is 0 Å². The fourth-order valence-corrected chi connectivity index (χ4v) is 2.21. The van der Waals surface area contributed by atoms with E-state index in [1.807, 2.05) is 0 Å². The molecule has 0 aliphatic heterocycles. The highest BCUT2D eigenvalue weighted by atomic mass is 35.5. The Hall–Kier alpha value is -2.25. The predicted octanol–water partition coefficient (Wildman–Crippen LogP) is 2.98. The number of hydrogen-bond donors (Lipinski definition) is 1. The summed E-state index contributed by atoms with van der Waals surface area (Å²) in [5.74, 6) is -1.09. The summed E-state index contributed by atoms with van der Waals surface area (Å²) in [7, 11) is 0. The molecular weight excluding hydrogens is 321 g/mol. The number of rotatable bonds is 4. The fraction of sp³-hybridized carbons (Fsp3) is 0.0833. The Morgan fingerprint density at radius 3 is 2.14 bits per heavy atom. The van der Waals surface area contributed by atoms with Crippen LogP contribution in [0.4, 0.5) is 5.69 Å². The first kappa shape index (κ1) is 15.1. The van der Waals surface area contributed by atoms with E-state index in [9.17, 15) is 14.9 Å². The summed E-state index contributed by atoms with van der Waals surface area (Å²) >= 11 is 11.5. The van der Waals surface area contributed by atoms with E-state index in [1.54, 1.807) is 12.1 Å². The zero-order valence-electron chi connectivity index (χ0n) is 10.3. The van der Waals surface area contributed by atoms with Gasteiger partial charge in [-0.3, -0.25) is 10.1 Å². The largest absolute Gasteiger partial charge is 0.477 e. The third-order valence-corrected chi connectivity index (χ3v) is 3.14. The number of nitrogens with zero attached hydrogens (tertiary/aromatic N) is 3. The Kier molecular flexibility index (Phi) is 4.35. The van der Waals surface area contributed by atoms with Crippen LogP contribution in [0.15, 0.2) is 24.3 Å². The summed E-state index contributed by atoms with van der Waals surface area (Å²) in [5.41, 5.74) is 0.318. The maximum Gasteiger partial charge on any atom is 0.342 e. The van der Waals surface area contributed by atoms with E-state index in [4.69, 9.17) is 28.3 Å². The quantitative estimate of drug-likeness (QED) is 0.525. The normalized spacial score (nSPS) is 10.4. The number of hydrogen-bond acceptors (Lipinski definition) is 5. The molecule has 0 spiro atoms. The average Bonchev–Trinajstić information content (AvgIpc) is 2.37. The molecule has 2 rings (SSSR count). The number of carbonyl (C=O) groups is 1. The first-order valence-electron chi connectivity index (χ1n) is 5.57. The number of non-ortho nitro benzene ring substituents is 1. The molecule has 1 heterocycles. The molecule has 1 N–H and O–H groups in total. The van der Waals surface area contributed by atoms with Crippen LogP contribution in [-0.4, -0.2) is 26.0 Å². The van der Waals surface area contributed by atoms with Gasteiger partial charge in [-0.05, 0) is 5.56 Å². The molecule has 0 aliphatic carbocycles. The van der Waals surface area contributed by atoms with Gasteiger partial charge < -0.3 is 5.11 Å². The second-order valence-corrected chi connectivity index (χ2v) is 4.72. The van der Waals surface area contributed by atoms with Crippen LogP contribution in [0.3, 0.4) is 0 Å². The molecule has 21 heavy (non-hydrogen) atoms. The molecule has 0 atom stereocenters. The Bertz CT molecular complexity index is 696. The van der Waals surface area contributed by atoms with Crippen molar-refractivity contribution in [2.45, 2.75) is 6.42 Å². The highest BCUT2D eigenvalue weighted by Crippen LogP contribution is 2.22. The molecule has 1 aromatic carbocycles. The van der Waals surface area contributed by atoms with Crippen LogP contribution < -0.4 is 0 Å². The van der Waals surface area contributed by atoms with Crippen LogP contribution in [0.1, 0.15) is 21.7 Å². The number of carboxylic acid groups (broad SMARTS) is 1. The van der Waals surface area contributed by atoms with E-state index in [0.717, 1.165) is 0 Å². The number of aromatic nitrogens is 2. The molecule has 9 heteroatoms. The SMILES string of the molecule is O=C(O)c1c(Cl)nc(Cc2ccc([N+](=O)[O-])cc2)nc1Cl. The Balaban J connectivity index is 2.28. The van der Waals surface area contributed by atoms with Crippen molar-refractivity contribution in [3.8, 4) is 0 Å². The van der Waals surface area contributed by atoms with Gasteiger partial charge in [-0.25, -0.2) is 14.8 Å². The van der Waals surface area contributed by atoms with Gasteiger partial charge in [0.25, 0.3) is 5.69 Å². The van der Waals surface area contributed by atoms with Crippen molar-refractivity contribution in [2.75, 3.05) is 0 Å². The van der Waals surface area contributed by atoms with Crippen molar-refractivity contribution in [1.82, 2.24) is 9.97 Å². The van der Waals surface area contributed by atoms with Crippen LogP contribution in [0, 0.1) is 10.1 Å². The minimum atomic E-state index is -1.31. The van der Waals surface area contributed by atoms with E-state index in [-0.39, 0.29) is 33.8 Å². The second kappa shape index (κ2) is 6.02. The van der Waals surface area contributed by atoms with E-state index in [2.05, 4.69) is 9.97 Å². The summed E-state index contributed by atoms with van der Waals surface area (Å²) in [5, 5.41) is 18.9. The van der Waals surface area contributed by atoms with Crippen molar-refractivity contribution in [3.05, 3.63) is 61.6 Å². The Labute approximate surface area is 128 Å². The lowest BCUT2D eigenvalue weighted by molar-refractivity contribution is -0.384. The summed E-state index contributed by atoms with van der Waals surface area (Å²) in [6.45, 7) is 0. The molecule has 0 aliphatic rings. The minimum Gasteiger partial charge on any atom is -0.477 e. The van der Waals surface area contributed by atoms with Crippen molar-refractivity contribution in [2.24, 2.45) is 0 Å². The van der Waals surface area contributed by atoms with Gasteiger partial charge in [0.1, 0.15) is 21.7 Å². The maximum absolute atomic E-state index is 10.9. The van der Waals surface area contributed by atoms with Crippen molar-refractivity contribution in [3.63, 3.8) is 0 Å². The first-order chi connectivity index (χ1) is 9.88. The number of carboxylic acids is 1. The number of nitro groups is 1. The van der Waals surface area contributed by atoms with E-state index < -0.39 is 10.9 Å². The molecule has 0 bridgehead atoms. The van der Waals surface area contributed by atoms with Crippen LogP contribution in [0.5, 0.6) is 0 Å². The third-order valence-electron chi connectivity index (χ3n) is 2.59. The summed E-state index contributed by atoms with van der Waals surface area (Å²) in [6.07, 6.45) is 0.220. The number of halogens is 2. The Morgan fingerprint density at radius 1 is 1.19 bits per heavy atom. The zero-order valence-corrected chi connectivity index (χ0v) is 11.8. The summed E-state index contributed by atoms with van der Waals surface area (Å²) in [6, 6.07) is 5.80. The third kappa shape index (κ3) is 3.45. The molecule has 0 amide bonds. The molecule has 108 valence electrons. The van der Waals surface area contributed by atoms with Gasteiger partial charge in [-0.2, -0.15) is 0 Å². The lowest BCUT2D eigenvalue weighted by Gasteiger charge is -2.05. The Morgan fingerprint density at radius 2 is 1.71 bits per heavy atom. The fourth-order valence-electron chi connectivity index (χ4n) is 1.62. The molecule has 0 unspecified atom stereocenters. The molecule has 0 fully saturated rings. The summed E-state index contributed by atoms with van der Waals surface area (Å²) in [4.78, 5) is 28.7. The molecule has 0 radical (unpaired) electrons. The lowest BCUT2D eigenvalue weighted by atomic mass is 10.1. The van der Waals surface area contributed by atoms with Gasteiger partial charge >= 0.3 is 5.97 Å². The van der Waals surface area contributed by atoms with Gasteiger partial charge in [0, 0.05) is 18.6 Å². The zero-order chi connectivity index (χ0) is 15.6. The van der Waals surface area contributed by atoms with Crippen LogP contribution in [0.25, 0.3) is 0 Å². The minimum absolute atomic E-state index is 0.0306. The van der Waals surface area contributed by atoms with Gasteiger partial charge in [-0.1, -0.05) is 35.3 Å². The smallest absolute Gasteiger partial charge is 0.342 e. The molecule has 2 aromatic rings. The van der Waals surface area contributed by atoms with Crippen LogP contribution in [-0.2, 0) is 6.42 Å². The van der Waals surface area contributed by atoms with E-state index in [1.165, 1.54) is 12.1 Å².